The standard InChI is InChI=1S/C15H20N2O2S2/c1-5-19-12(18)8-21-15-13-11(6-9(2)3)7-20-14(13)16-10(4)17-15/h7,9H,5-6,8H2,1-4H3. The van der Waals surface area contributed by atoms with Crippen molar-refractivity contribution in [1.29, 1.82) is 0 Å². The number of hydrogen-bond donors (Lipinski definition) is 0. The molecule has 4 nitrogen and oxygen atoms in total. The molecule has 0 aliphatic carbocycles. The summed E-state index contributed by atoms with van der Waals surface area (Å²) in [5.41, 5.74) is 1.27. The molecule has 0 spiro atoms. The van der Waals surface area contributed by atoms with Crippen molar-refractivity contribution in [1.82, 2.24) is 9.97 Å². The lowest BCUT2D eigenvalue weighted by molar-refractivity contribution is -0.139. The second-order valence-electron chi connectivity index (χ2n) is 5.21. The van der Waals surface area contributed by atoms with Crippen LogP contribution in [0.1, 0.15) is 32.2 Å². The fourth-order valence-corrected chi connectivity index (χ4v) is 4.06. The predicted molar refractivity (Wildman–Crippen MR) is 88.1 cm³/mol. The van der Waals surface area contributed by atoms with Gasteiger partial charge in [-0.1, -0.05) is 25.6 Å². The third kappa shape index (κ3) is 4.17. The SMILES string of the molecule is CCOC(=O)CSc1nc(C)nc2scc(CC(C)C)c12. The van der Waals surface area contributed by atoms with E-state index >= 15 is 0 Å². The highest BCUT2D eigenvalue weighted by Gasteiger charge is 2.15. The number of esters is 1. The second-order valence-corrected chi connectivity index (χ2v) is 7.03. The highest BCUT2D eigenvalue weighted by atomic mass is 32.2. The van der Waals surface area contributed by atoms with E-state index in [4.69, 9.17) is 4.74 Å². The molecule has 0 saturated heterocycles. The summed E-state index contributed by atoms with van der Waals surface area (Å²) in [7, 11) is 0. The average molecular weight is 324 g/mol. The van der Waals surface area contributed by atoms with Gasteiger partial charge in [0.1, 0.15) is 15.7 Å². The van der Waals surface area contributed by atoms with E-state index in [1.54, 1.807) is 11.3 Å². The molecule has 21 heavy (non-hydrogen) atoms. The van der Waals surface area contributed by atoms with E-state index in [1.807, 2.05) is 13.8 Å². The van der Waals surface area contributed by atoms with E-state index in [2.05, 4.69) is 29.2 Å². The van der Waals surface area contributed by atoms with E-state index in [0.717, 1.165) is 27.5 Å². The molecule has 114 valence electrons. The summed E-state index contributed by atoms with van der Waals surface area (Å²) in [6.45, 7) is 8.51. The molecule has 0 amide bonds. The van der Waals surface area contributed by atoms with Crippen LogP contribution in [-0.4, -0.2) is 28.3 Å². The van der Waals surface area contributed by atoms with Crippen molar-refractivity contribution in [2.45, 2.75) is 39.1 Å². The highest BCUT2D eigenvalue weighted by Crippen LogP contribution is 2.33. The highest BCUT2D eigenvalue weighted by molar-refractivity contribution is 8.00. The third-order valence-corrected chi connectivity index (χ3v) is 4.72. The van der Waals surface area contributed by atoms with E-state index in [-0.39, 0.29) is 11.7 Å². The Morgan fingerprint density at radius 1 is 1.43 bits per heavy atom. The minimum atomic E-state index is -0.201. The van der Waals surface area contributed by atoms with Crippen molar-refractivity contribution in [3.8, 4) is 0 Å². The Bertz CT molecular complexity index is 638. The topological polar surface area (TPSA) is 52.1 Å². The Labute approximate surface area is 133 Å². The van der Waals surface area contributed by atoms with Crippen LogP contribution in [-0.2, 0) is 16.0 Å². The van der Waals surface area contributed by atoms with Crippen molar-refractivity contribution in [2.24, 2.45) is 5.92 Å². The average Bonchev–Trinajstić information content (AvgIpc) is 2.78. The molecule has 0 aliphatic rings. The maximum atomic E-state index is 11.6. The van der Waals surface area contributed by atoms with Crippen molar-refractivity contribution in [2.75, 3.05) is 12.4 Å². The molecule has 0 aromatic carbocycles. The Balaban J connectivity index is 2.31. The Morgan fingerprint density at radius 2 is 2.19 bits per heavy atom. The second kappa shape index (κ2) is 7.22. The first kappa shape index (κ1) is 16.2. The summed E-state index contributed by atoms with van der Waals surface area (Å²) < 4.78 is 4.98. The fraction of sp³-hybridized carbons (Fsp3) is 0.533. The Kier molecular flexibility index (Phi) is 5.58. The first-order valence-corrected chi connectivity index (χ1v) is 8.91. The molecule has 0 saturated carbocycles. The molecule has 0 N–H and O–H groups in total. The number of nitrogens with zero attached hydrogens (tertiary/aromatic N) is 2. The van der Waals surface area contributed by atoms with Gasteiger partial charge >= 0.3 is 5.97 Å². The number of rotatable bonds is 6. The number of aryl methyl sites for hydroxylation is 1. The van der Waals surface area contributed by atoms with E-state index in [0.29, 0.717) is 12.5 Å². The van der Waals surface area contributed by atoms with Crippen LogP contribution in [0.25, 0.3) is 10.2 Å². The lowest BCUT2D eigenvalue weighted by atomic mass is 10.0. The van der Waals surface area contributed by atoms with Gasteiger partial charge in [-0.3, -0.25) is 4.79 Å². The maximum Gasteiger partial charge on any atom is 0.316 e. The molecular weight excluding hydrogens is 304 g/mol. The third-order valence-electron chi connectivity index (χ3n) is 2.85. The van der Waals surface area contributed by atoms with Gasteiger partial charge in [-0.15, -0.1) is 11.3 Å². The normalized spacial score (nSPS) is 11.3. The summed E-state index contributed by atoms with van der Waals surface area (Å²) in [6.07, 6.45) is 0.999. The summed E-state index contributed by atoms with van der Waals surface area (Å²) in [4.78, 5) is 21.6. The molecule has 0 atom stereocenters. The lowest BCUT2D eigenvalue weighted by Crippen LogP contribution is -2.07. The molecule has 2 aromatic rings. The largest absolute Gasteiger partial charge is 0.465 e. The molecule has 2 aromatic heterocycles. The number of fused-ring (bicyclic) bond motifs is 1. The van der Waals surface area contributed by atoms with Crippen LogP contribution >= 0.6 is 23.1 Å². The molecule has 0 radical (unpaired) electrons. The molecule has 2 rings (SSSR count). The number of hydrogen-bond acceptors (Lipinski definition) is 6. The van der Waals surface area contributed by atoms with Gasteiger partial charge in [0.25, 0.3) is 0 Å². The van der Waals surface area contributed by atoms with Crippen LogP contribution in [0.4, 0.5) is 0 Å². The van der Waals surface area contributed by atoms with Crippen molar-refractivity contribution >= 4 is 39.3 Å². The predicted octanol–water partition coefficient (Wildman–Crippen LogP) is 3.85. The van der Waals surface area contributed by atoms with Crippen molar-refractivity contribution in [3.05, 3.63) is 16.8 Å². The van der Waals surface area contributed by atoms with E-state index < -0.39 is 0 Å². The van der Waals surface area contributed by atoms with Gasteiger partial charge in [0.05, 0.1) is 12.4 Å². The number of thioether (sulfide) groups is 1. The van der Waals surface area contributed by atoms with E-state index in [1.165, 1.54) is 17.3 Å². The Morgan fingerprint density at radius 3 is 2.86 bits per heavy atom. The first-order valence-electron chi connectivity index (χ1n) is 7.04. The van der Waals surface area contributed by atoms with Gasteiger partial charge in [0.2, 0.25) is 0 Å². The maximum absolute atomic E-state index is 11.6. The van der Waals surface area contributed by atoms with Gasteiger partial charge in [-0.2, -0.15) is 0 Å². The molecule has 2 heterocycles. The smallest absolute Gasteiger partial charge is 0.316 e. The summed E-state index contributed by atoms with van der Waals surface area (Å²) in [5.74, 6) is 1.41. The van der Waals surface area contributed by atoms with Gasteiger partial charge in [-0.05, 0) is 37.1 Å². The van der Waals surface area contributed by atoms with Crippen LogP contribution in [0.15, 0.2) is 10.4 Å². The summed E-state index contributed by atoms with van der Waals surface area (Å²) >= 11 is 3.09. The monoisotopic (exact) mass is 324 g/mol. The van der Waals surface area contributed by atoms with Crippen LogP contribution in [0.3, 0.4) is 0 Å². The Hall–Kier alpha value is -1.14. The van der Waals surface area contributed by atoms with Crippen molar-refractivity contribution in [3.63, 3.8) is 0 Å². The zero-order valence-electron chi connectivity index (χ0n) is 12.8. The van der Waals surface area contributed by atoms with Gasteiger partial charge < -0.3 is 4.74 Å². The van der Waals surface area contributed by atoms with Crippen LogP contribution in [0, 0.1) is 12.8 Å². The minimum Gasteiger partial charge on any atom is -0.465 e. The molecule has 0 unspecified atom stereocenters. The fourth-order valence-electron chi connectivity index (χ4n) is 2.09. The van der Waals surface area contributed by atoms with Gasteiger partial charge in [0.15, 0.2) is 0 Å². The van der Waals surface area contributed by atoms with E-state index in [9.17, 15) is 4.79 Å². The van der Waals surface area contributed by atoms with Crippen LogP contribution < -0.4 is 0 Å². The van der Waals surface area contributed by atoms with Gasteiger partial charge in [0, 0.05) is 5.39 Å². The molecule has 6 heteroatoms. The molecule has 0 fully saturated rings. The number of ether oxygens (including phenoxy) is 1. The molecule has 0 bridgehead atoms. The number of carbonyl (C=O) groups is 1. The number of carbonyl (C=O) groups excluding carboxylic acids is 1. The van der Waals surface area contributed by atoms with Crippen molar-refractivity contribution < 1.29 is 9.53 Å². The summed E-state index contributed by atoms with van der Waals surface area (Å²) in [5, 5.41) is 4.16. The zero-order chi connectivity index (χ0) is 15.4. The summed E-state index contributed by atoms with van der Waals surface area (Å²) in [6, 6.07) is 0. The van der Waals surface area contributed by atoms with Crippen LogP contribution in [0.2, 0.25) is 0 Å². The number of aromatic nitrogens is 2. The lowest BCUT2D eigenvalue weighted by Gasteiger charge is -2.07. The quantitative estimate of drug-likeness (QED) is 0.459. The molecular formula is C15H20N2O2S2. The zero-order valence-corrected chi connectivity index (χ0v) is 14.4. The van der Waals surface area contributed by atoms with Gasteiger partial charge in [-0.25, -0.2) is 9.97 Å². The molecule has 0 aliphatic heterocycles. The first-order chi connectivity index (χ1) is 10.0. The van der Waals surface area contributed by atoms with Crippen LogP contribution in [0.5, 0.6) is 0 Å². The minimum absolute atomic E-state index is 0.201. The number of thiophene rings is 1.